The first kappa shape index (κ1) is 15.1. The molecule has 1 fully saturated rings. The number of hydrogen-bond donors (Lipinski definition) is 3. The summed E-state index contributed by atoms with van der Waals surface area (Å²) in [6.45, 7) is 2.14. The summed E-state index contributed by atoms with van der Waals surface area (Å²) in [4.78, 5) is 41.2. The number of aromatic amines is 2. The van der Waals surface area contributed by atoms with Crippen molar-refractivity contribution >= 4 is 17.3 Å². The van der Waals surface area contributed by atoms with Crippen molar-refractivity contribution in [3.05, 3.63) is 56.9 Å². The van der Waals surface area contributed by atoms with E-state index < -0.39 is 11.2 Å². The number of carbonyl (C=O) groups is 1. The van der Waals surface area contributed by atoms with Gasteiger partial charge in [-0.2, -0.15) is 0 Å². The fourth-order valence-electron chi connectivity index (χ4n) is 2.72. The summed E-state index contributed by atoms with van der Waals surface area (Å²) < 4.78 is 0. The zero-order valence-electron chi connectivity index (χ0n) is 12.6. The van der Waals surface area contributed by atoms with Crippen LogP contribution in [-0.2, 0) is 11.2 Å². The maximum absolute atomic E-state index is 12.0. The van der Waals surface area contributed by atoms with Crippen molar-refractivity contribution in [2.24, 2.45) is 0 Å². The Kier molecular flexibility index (Phi) is 4.27. The molecule has 1 saturated heterocycles. The van der Waals surface area contributed by atoms with Gasteiger partial charge < -0.3 is 15.2 Å². The SMILES string of the molecule is O=C(Cc1cc(=O)[nH]c(=O)[nH]1)Nc1ccc(N2CCCC2)cc1. The smallest absolute Gasteiger partial charge is 0.325 e. The molecule has 1 aliphatic rings. The molecular weight excluding hydrogens is 296 g/mol. The van der Waals surface area contributed by atoms with E-state index in [1.165, 1.54) is 18.9 Å². The van der Waals surface area contributed by atoms with E-state index in [1.807, 2.05) is 24.3 Å². The molecule has 0 spiro atoms. The van der Waals surface area contributed by atoms with Crippen molar-refractivity contribution in [1.29, 1.82) is 0 Å². The molecule has 0 bridgehead atoms. The highest BCUT2D eigenvalue weighted by Crippen LogP contribution is 2.22. The summed E-state index contributed by atoms with van der Waals surface area (Å²) >= 11 is 0. The lowest BCUT2D eigenvalue weighted by atomic mass is 10.2. The minimum Gasteiger partial charge on any atom is -0.372 e. The number of aromatic nitrogens is 2. The van der Waals surface area contributed by atoms with E-state index in [0.29, 0.717) is 5.69 Å². The van der Waals surface area contributed by atoms with Gasteiger partial charge in [0.25, 0.3) is 5.56 Å². The van der Waals surface area contributed by atoms with Gasteiger partial charge in [-0.1, -0.05) is 0 Å². The van der Waals surface area contributed by atoms with Gasteiger partial charge in [-0.3, -0.25) is 14.6 Å². The van der Waals surface area contributed by atoms with E-state index in [4.69, 9.17) is 0 Å². The Morgan fingerprint density at radius 3 is 2.43 bits per heavy atom. The van der Waals surface area contributed by atoms with E-state index in [2.05, 4.69) is 20.2 Å². The van der Waals surface area contributed by atoms with Gasteiger partial charge >= 0.3 is 5.69 Å². The molecule has 1 aromatic heterocycles. The summed E-state index contributed by atoms with van der Waals surface area (Å²) in [6.07, 6.45) is 2.37. The quantitative estimate of drug-likeness (QED) is 0.779. The fraction of sp³-hybridized carbons (Fsp3) is 0.312. The van der Waals surface area contributed by atoms with Crippen molar-refractivity contribution in [2.75, 3.05) is 23.3 Å². The van der Waals surface area contributed by atoms with Crippen molar-refractivity contribution in [1.82, 2.24) is 9.97 Å². The lowest BCUT2D eigenvalue weighted by Gasteiger charge is -2.17. The number of H-pyrrole nitrogens is 2. The molecule has 7 nitrogen and oxygen atoms in total. The zero-order valence-corrected chi connectivity index (χ0v) is 12.6. The number of amides is 1. The molecule has 120 valence electrons. The Morgan fingerprint density at radius 2 is 1.78 bits per heavy atom. The number of nitrogens with zero attached hydrogens (tertiary/aromatic N) is 1. The van der Waals surface area contributed by atoms with Crippen LogP contribution in [0.15, 0.2) is 39.9 Å². The summed E-state index contributed by atoms with van der Waals surface area (Å²) in [5.74, 6) is -0.292. The van der Waals surface area contributed by atoms with Gasteiger partial charge in [0.2, 0.25) is 5.91 Å². The lowest BCUT2D eigenvalue weighted by molar-refractivity contribution is -0.115. The fourth-order valence-corrected chi connectivity index (χ4v) is 2.72. The molecule has 0 radical (unpaired) electrons. The molecule has 2 heterocycles. The minimum absolute atomic E-state index is 0.0625. The normalized spacial score (nSPS) is 14.0. The largest absolute Gasteiger partial charge is 0.372 e. The first-order valence-electron chi connectivity index (χ1n) is 7.57. The van der Waals surface area contributed by atoms with Gasteiger partial charge in [0.15, 0.2) is 0 Å². The van der Waals surface area contributed by atoms with Gasteiger partial charge in [0.05, 0.1) is 6.42 Å². The number of rotatable bonds is 4. The minimum atomic E-state index is -0.615. The van der Waals surface area contributed by atoms with Crippen LogP contribution in [0.2, 0.25) is 0 Å². The number of hydrogen-bond acceptors (Lipinski definition) is 4. The third-order valence-corrected chi connectivity index (χ3v) is 3.79. The number of benzene rings is 1. The van der Waals surface area contributed by atoms with Crippen LogP contribution in [0.25, 0.3) is 0 Å². The second kappa shape index (κ2) is 6.51. The lowest BCUT2D eigenvalue weighted by Crippen LogP contribution is -2.25. The summed E-state index contributed by atoms with van der Waals surface area (Å²) in [5, 5.41) is 2.76. The van der Waals surface area contributed by atoms with E-state index in [9.17, 15) is 14.4 Å². The summed E-state index contributed by atoms with van der Waals surface area (Å²) in [5.41, 5.74) is 0.983. The zero-order chi connectivity index (χ0) is 16.2. The second-order valence-electron chi connectivity index (χ2n) is 5.58. The van der Waals surface area contributed by atoms with Crippen molar-refractivity contribution < 1.29 is 4.79 Å². The maximum atomic E-state index is 12.0. The highest BCUT2D eigenvalue weighted by atomic mass is 16.2. The third-order valence-electron chi connectivity index (χ3n) is 3.79. The van der Waals surface area contributed by atoms with Crippen LogP contribution < -0.4 is 21.5 Å². The number of carbonyl (C=O) groups excluding carboxylic acids is 1. The molecule has 3 rings (SSSR count). The van der Waals surface area contributed by atoms with Gasteiger partial charge in [-0.15, -0.1) is 0 Å². The maximum Gasteiger partial charge on any atom is 0.325 e. The van der Waals surface area contributed by atoms with Crippen LogP contribution in [0.1, 0.15) is 18.5 Å². The van der Waals surface area contributed by atoms with Crippen LogP contribution in [0.3, 0.4) is 0 Å². The molecule has 0 saturated carbocycles. The van der Waals surface area contributed by atoms with Crippen molar-refractivity contribution in [2.45, 2.75) is 19.3 Å². The predicted molar refractivity (Wildman–Crippen MR) is 87.9 cm³/mol. The standard InChI is InChI=1S/C16H18N4O3/c21-14(9-12-10-15(22)19-16(23)18-12)17-11-3-5-13(6-4-11)20-7-1-2-8-20/h3-6,10H,1-2,7-9H2,(H,17,21)(H2,18,19,22,23). The molecule has 1 aromatic carbocycles. The number of anilines is 2. The average molecular weight is 314 g/mol. The van der Waals surface area contributed by atoms with Gasteiger partial charge in [0, 0.05) is 36.2 Å². The number of nitrogens with one attached hydrogen (secondary N) is 3. The Hall–Kier alpha value is -2.83. The molecule has 1 aliphatic heterocycles. The average Bonchev–Trinajstić information content (AvgIpc) is 3.01. The highest BCUT2D eigenvalue weighted by molar-refractivity contribution is 5.92. The summed E-state index contributed by atoms with van der Waals surface area (Å²) in [7, 11) is 0. The third kappa shape index (κ3) is 3.88. The van der Waals surface area contributed by atoms with E-state index in [-0.39, 0.29) is 18.0 Å². The Balaban J connectivity index is 1.63. The molecular formula is C16H18N4O3. The topological polar surface area (TPSA) is 98.1 Å². The van der Waals surface area contributed by atoms with E-state index in [1.54, 1.807) is 0 Å². The van der Waals surface area contributed by atoms with Crippen LogP contribution in [0, 0.1) is 0 Å². The Morgan fingerprint density at radius 1 is 1.09 bits per heavy atom. The molecule has 0 unspecified atom stereocenters. The highest BCUT2D eigenvalue weighted by Gasteiger charge is 2.12. The molecule has 0 aliphatic carbocycles. The molecule has 23 heavy (non-hydrogen) atoms. The monoisotopic (exact) mass is 314 g/mol. The first-order valence-corrected chi connectivity index (χ1v) is 7.57. The Labute approximate surface area is 132 Å². The molecule has 1 amide bonds. The molecule has 0 atom stereocenters. The van der Waals surface area contributed by atoms with Gasteiger partial charge in [-0.25, -0.2) is 4.79 Å². The molecule has 7 heteroatoms. The van der Waals surface area contributed by atoms with E-state index in [0.717, 1.165) is 18.8 Å². The van der Waals surface area contributed by atoms with Gasteiger partial charge in [0.1, 0.15) is 0 Å². The van der Waals surface area contributed by atoms with Crippen molar-refractivity contribution in [3.8, 4) is 0 Å². The molecule has 2 aromatic rings. The second-order valence-corrected chi connectivity index (χ2v) is 5.58. The van der Waals surface area contributed by atoms with Crippen molar-refractivity contribution in [3.63, 3.8) is 0 Å². The van der Waals surface area contributed by atoms with Crippen LogP contribution in [-0.4, -0.2) is 29.0 Å². The van der Waals surface area contributed by atoms with Crippen LogP contribution in [0.4, 0.5) is 11.4 Å². The van der Waals surface area contributed by atoms with Crippen LogP contribution in [0.5, 0.6) is 0 Å². The van der Waals surface area contributed by atoms with Gasteiger partial charge in [-0.05, 0) is 37.1 Å². The first-order chi connectivity index (χ1) is 11.1. The molecule has 3 N–H and O–H groups in total. The predicted octanol–water partition coefficient (Wildman–Crippen LogP) is 0.845. The Bertz CT molecular complexity index is 773. The summed E-state index contributed by atoms with van der Waals surface area (Å²) in [6, 6.07) is 8.88. The van der Waals surface area contributed by atoms with E-state index >= 15 is 0 Å². The van der Waals surface area contributed by atoms with Crippen LogP contribution >= 0.6 is 0 Å².